The molecule has 1 aliphatic rings. The van der Waals surface area contributed by atoms with Crippen LogP contribution in [-0.2, 0) is 9.59 Å². The Kier molecular flexibility index (Phi) is 7.44. The summed E-state index contributed by atoms with van der Waals surface area (Å²) >= 11 is 6.62. The molecule has 2 N–H and O–H groups in total. The second-order valence-electron chi connectivity index (χ2n) is 4.75. The largest absolute Gasteiger partial charge is 0.488 e. The molecule has 0 bridgehead atoms. The second-order valence-corrected chi connectivity index (χ2v) is 8.02. The SMILES string of the molecule is C=CCOc1c(I)cc(Br)cc1C=NN=C1NC(=O)C(CC(=O)O)S1. The van der Waals surface area contributed by atoms with E-state index >= 15 is 0 Å². The van der Waals surface area contributed by atoms with Crippen LogP contribution in [0.2, 0.25) is 0 Å². The zero-order valence-corrected chi connectivity index (χ0v) is 17.3. The lowest BCUT2D eigenvalue weighted by molar-refractivity contribution is -0.138. The number of benzene rings is 1. The number of amidine groups is 1. The molecule has 1 saturated heterocycles. The number of thioether (sulfide) groups is 1. The maximum atomic E-state index is 11.7. The van der Waals surface area contributed by atoms with Crippen LogP contribution in [0.1, 0.15) is 12.0 Å². The van der Waals surface area contributed by atoms with E-state index in [1.165, 1.54) is 6.21 Å². The lowest BCUT2D eigenvalue weighted by Crippen LogP contribution is -2.26. The molecule has 7 nitrogen and oxygen atoms in total. The zero-order valence-electron chi connectivity index (χ0n) is 12.7. The molecule has 0 saturated carbocycles. The van der Waals surface area contributed by atoms with E-state index in [4.69, 9.17) is 9.84 Å². The van der Waals surface area contributed by atoms with Crippen molar-refractivity contribution in [3.8, 4) is 5.75 Å². The van der Waals surface area contributed by atoms with Gasteiger partial charge in [-0.3, -0.25) is 9.59 Å². The minimum absolute atomic E-state index is 0.261. The number of nitrogens with zero attached hydrogens (tertiary/aromatic N) is 2. The van der Waals surface area contributed by atoms with Gasteiger partial charge in [-0.25, -0.2) is 0 Å². The van der Waals surface area contributed by atoms with Crippen LogP contribution < -0.4 is 10.1 Å². The summed E-state index contributed by atoms with van der Waals surface area (Å²) < 4.78 is 7.41. The molecule has 1 aliphatic heterocycles. The maximum Gasteiger partial charge on any atom is 0.305 e. The average Bonchev–Trinajstić information content (AvgIpc) is 2.85. The molecule has 2 rings (SSSR count). The molecule has 0 radical (unpaired) electrons. The van der Waals surface area contributed by atoms with E-state index in [0.717, 1.165) is 19.8 Å². The number of carbonyl (C=O) groups excluding carboxylic acids is 1. The third-order valence-electron chi connectivity index (χ3n) is 2.86. The number of nitrogens with one attached hydrogen (secondary N) is 1. The van der Waals surface area contributed by atoms with Gasteiger partial charge >= 0.3 is 5.97 Å². The van der Waals surface area contributed by atoms with E-state index in [9.17, 15) is 9.59 Å². The summed E-state index contributed by atoms with van der Waals surface area (Å²) in [6.45, 7) is 3.98. The normalized spacial score (nSPS) is 18.6. The highest BCUT2D eigenvalue weighted by Gasteiger charge is 2.32. The van der Waals surface area contributed by atoms with Crippen LogP contribution >= 0.6 is 50.3 Å². The van der Waals surface area contributed by atoms with E-state index in [1.54, 1.807) is 6.08 Å². The molecule has 1 aromatic carbocycles. The van der Waals surface area contributed by atoms with Crippen LogP contribution in [-0.4, -0.2) is 40.2 Å². The number of carboxylic acids is 1. The highest BCUT2D eigenvalue weighted by Crippen LogP contribution is 2.29. The van der Waals surface area contributed by atoms with Crippen molar-refractivity contribution < 1.29 is 19.4 Å². The van der Waals surface area contributed by atoms with Gasteiger partial charge in [-0.05, 0) is 34.7 Å². The predicted molar refractivity (Wildman–Crippen MR) is 109 cm³/mol. The molecule has 0 spiro atoms. The van der Waals surface area contributed by atoms with Crippen molar-refractivity contribution in [2.45, 2.75) is 11.7 Å². The van der Waals surface area contributed by atoms with Crippen molar-refractivity contribution in [3.05, 3.63) is 38.4 Å². The number of hydrogen-bond acceptors (Lipinski definition) is 6. The molecule has 10 heteroatoms. The Balaban J connectivity index is 2.15. The summed E-state index contributed by atoms with van der Waals surface area (Å²) in [5.41, 5.74) is 0.710. The molecule has 1 fully saturated rings. The lowest BCUT2D eigenvalue weighted by Gasteiger charge is -2.09. The summed E-state index contributed by atoms with van der Waals surface area (Å²) in [7, 11) is 0. The van der Waals surface area contributed by atoms with Crippen molar-refractivity contribution in [2.24, 2.45) is 10.2 Å². The van der Waals surface area contributed by atoms with Gasteiger partial charge in [0, 0.05) is 10.0 Å². The first-order valence-corrected chi connectivity index (χ1v) is 9.69. The molecule has 1 unspecified atom stereocenters. The van der Waals surface area contributed by atoms with Crippen molar-refractivity contribution in [2.75, 3.05) is 6.61 Å². The smallest absolute Gasteiger partial charge is 0.305 e. The molecular formula is C15H13BrIN3O4S. The molecular weight excluding hydrogens is 525 g/mol. The van der Waals surface area contributed by atoms with Crippen LogP contribution in [0.15, 0.2) is 39.5 Å². The van der Waals surface area contributed by atoms with Gasteiger partial charge in [0.05, 0.1) is 16.2 Å². The number of hydrogen-bond donors (Lipinski definition) is 2. The Morgan fingerprint density at radius 2 is 2.32 bits per heavy atom. The maximum absolute atomic E-state index is 11.7. The van der Waals surface area contributed by atoms with Crippen molar-refractivity contribution in [1.82, 2.24) is 5.32 Å². The summed E-state index contributed by atoms with van der Waals surface area (Å²) in [5.74, 6) is -0.766. The van der Waals surface area contributed by atoms with Gasteiger partial charge in [0.2, 0.25) is 5.91 Å². The fourth-order valence-corrected chi connectivity index (χ4v) is 4.48. The topological polar surface area (TPSA) is 100 Å². The molecule has 0 aromatic heterocycles. The van der Waals surface area contributed by atoms with E-state index in [2.05, 4.69) is 60.6 Å². The summed E-state index contributed by atoms with van der Waals surface area (Å²) in [6, 6.07) is 3.74. The van der Waals surface area contributed by atoms with E-state index in [-0.39, 0.29) is 17.5 Å². The quantitative estimate of drug-likeness (QED) is 0.241. The summed E-state index contributed by atoms with van der Waals surface area (Å²) in [5, 5.41) is 18.8. The van der Waals surface area contributed by atoms with Gasteiger partial charge in [0.1, 0.15) is 17.6 Å². The lowest BCUT2D eigenvalue weighted by atomic mass is 10.2. The molecule has 0 aliphatic carbocycles. The number of carboxylic acid groups (broad SMARTS) is 1. The number of aliphatic carboxylic acids is 1. The third-order valence-corrected chi connectivity index (χ3v) is 5.20. The van der Waals surface area contributed by atoms with Gasteiger partial charge < -0.3 is 15.2 Å². The van der Waals surface area contributed by atoms with Gasteiger partial charge in [0.15, 0.2) is 5.17 Å². The van der Waals surface area contributed by atoms with E-state index in [0.29, 0.717) is 17.9 Å². The zero-order chi connectivity index (χ0) is 18.4. The average molecular weight is 538 g/mol. The monoisotopic (exact) mass is 537 g/mol. The minimum Gasteiger partial charge on any atom is -0.488 e. The highest BCUT2D eigenvalue weighted by molar-refractivity contribution is 14.1. The summed E-state index contributed by atoms with van der Waals surface area (Å²) in [6.07, 6.45) is 2.89. The number of halogens is 2. The van der Waals surface area contributed by atoms with Crippen LogP contribution in [0, 0.1) is 3.57 Å². The first-order valence-electron chi connectivity index (χ1n) is 6.93. The Hall–Kier alpha value is -1.40. The van der Waals surface area contributed by atoms with E-state index < -0.39 is 11.2 Å². The molecule has 25 heavy (non-hydrogen) atoms. The van der Waals surface area contributed by atoms with Crippen molar-refractivity contribution in [1.29, 1.82) is 0 Å². The third kappa shape index (κ3) is 5.82. The molecule has 1 aromatic rings. The van der Waals surface area contributed by atoms with Gasteiger partial charge in [-0.1, -0.05) is 40.3 Å². The number of rotatable bonds is 7. The number of ether oxygens (including phenoxy) is 1. The Bertz CT molecular complexity index is 769. The molecule has 1 amide bonds. The second kappa shape index (κ2) is 9.34. The van der Waals surface area contributed by atoms with Gasteiger partial charge in [-0.15, -0.1) is 5.10 Å². The Labute approximate surface area is 170 Å². The first-order chi connectivity index (χ1) is 11.9. The standard InChI is InChI=1S/C15H13BrIN3O4S/c1-2-3-24-13-8(4-9(16)5-10(13)17)7-18-20-15-19-14(23)11(25-15)6-12(21)22/h2,4-5,7,11H,1,3,6H2,(H,21,22)(H,19,20,23). The fraction of sp³-hybridized carbons (Fsp3) is 0.200. The first kappa shape index (κ1) is 19.9. The predicted octanol–water partition coefficient (Wildman–Crippen LogP) is 3.01. The van der Waals surface area contributed by atoms with Crippen molar-refractivity contribution in [3.63, 3.8) is 0 Å². The summed E-state index contributed by atoms with van der Waals surface area (Å²) in [4.78, 5) is 22.4. The van der Waals surface area contributed by atoms with Crippen LogP contribution in [0.25, 0.3) is 0 Å². The number of amides is 1. The molecule has 132 valence electrons. The Morgan fingerprint density at radius 3 is 3.00 bits per heavy atom. The molecule has 1 atom stereocenters. The van der Waals surface area contributed by atoms with Crippen LogP contribution in [0.5, 0.6) is 5.75 Å². The fourth-order valence-electron chi connectivity index (χ4n) is 1.86. The van der Waals surface area contributed by atoms with Crippen LogP contribution in [0.3, 0.4) is 0 Å². The Morgan fingerprint density at radius 1 is 1.56 bits per heavy atom. The van der Waals surface area contributed by atoms with Crippen LogP contribution in [0.4, 0.5) is 0 Å². The molecule has 1 heterocycles. The number of carbonyl (C=O) groups is 2. The highest BCUT2D eigenvalue weighted by atomic mass is 127. The van der Waals surface area contributed by atoms with E-state index in [1.807, 2.05) is 12.1 Å². The minimum atomic E-state index is -1.04. The van der Waals surface area contributed by atoms with Gasteiger partial charge in [-0.2, -0.15) is 5.10 Å². The van der Waals surface area contributed by atoms with Gasteiger partial charge in [0.25, 0.3) is 0 Å². The van der Waals surface area contributed by atoms with Crippen molar-refractivity contribution >= 4 is 73.5 Å².